The molecule has 0 aromatic rings. The monoisotopic (exact) mass is 730 g/mol. The van der Waals surface area contributed by atoms with Gasteiger partial charge in [0.1, 0.15) is 12.6 Å². The second-order valence-electron chi connectivity index (χ2n) is 13.5. The third kappa shape index (κ3) is 40.8. The molecule has 8 nitrogen and oxygen atoms in total. The minimum absolute atomic E-state index is 0.0487. The van der Waals surface area contributed by atoms with Crippen LogP contribution < -0.4 is 5.73 Å². The Morgan fingerprint density at radius 1 is 0.608 bits per heavy atom. The van der Waals surface area contributed by atoms with Crippen molar-refractivity contribution in [3.8, 4) is 0 Å². The van der Waals surface area contributed by atoms with Gasteiger partial charge in [-0.05, 0) is 63.8 Å². The summed E-state index contributed by atoms with van der Waals surface area (Å²) in [6, 6.07) is 0. The van der Waals surface area contributed by atoms with E-state index in [4.69, 9.17) is 19.9 Å². The molecule has 0 saturated heterocycles. The predicted octanol–water partition coefficient (Wildman–Crippen LogP) is 11.2. The second kappa shape index (κ2) is 48.2. The van der Waals surface area contributed by atoms with E-state index in [1.807, 2.05) is 13.8 Å². The molecule has 0 amide bonds. The van der Waals surface area contributed by atoms with Crippen LogP contribution in [0.4, 0.5) is 0 Å². The predicted molar refractivity (Wildman–Crippen MR) is 216 cm³/mol. The molecule has 0 aromatic carbocycles. The number of aldehydes is 2. The lowest BCUT2D eigenvalue weighted by atomic mass is 9.89. The molecule has 0 rings (SSSR count). The van der Waals surface area contributed by atoms with Gasteiger partial charge in [-0.2, -0.15) is 0 Å². The first-order valence-electron chi connectivity index (χ1n) is 21.2. The Morgan fingerprint density at radius 2 is 1.10 bits per heavy atom. The summed E-state index contributed by atoms with van der Waals surface area (Å²) < 4.78 is 15.5. The number of carbonyl (C=O) groups excluding carboxylic acids is 4. The van der Waals surface area contributed by atoms with Crippen LogP contribution in [0.2, 0.25) is 0 Å². The van der Waals surface area contributed by atoms with Crippen LogP contribution in [0, 0.1) is 23.7 Å². The molecule has 2 N–H and O–H groups in total. The summed E-state index contributed by atoms with van der Waals surface area (Å²) in [5.74, 6) is 0.542. The Balaban J connectivity index is -0.000000322. The molecule has 4 atom stereocenters. The zero-order chi connectivity index (χ0) is 39.4. The Morgan fingerprint density at radius 3 is 1.61 bits per heavy atom. The number of ether oxygens (including phenoxy) is 3. The van der Waals surface area contributed by atoms with Gasteiger partial charge in [-0.15, -0.1) is 0 Å². The van der Waals surface area contributed by atoms with Gasteiger partial charge in [-0.25, -0.2) is 0 Å². The van der Waals surface area contributed by atoms with E-state index in [1.165, 1.54) is 57.8 Å². The van der Waals surface area contributed by atoms with Crippen molar-refractivity contribution in [1.29, 1.82) is 0 Å². The van der Waals surface area contributed by atoms with Gasteiger partial charge in [0.25, 0.3) is 0 Å². The standard InChI is InChI=1S/C16H30O3.C13H27NO3.C12H24O.C2H6/c1-3-5-7-8-12-15(11-6-4-2)16(18)19-14-10-9-13-17;1-4-11(2)12(7-8-14)13(15)17-10-6-5-9-16-3;1-3-5-7-8-10-12(11-13)9-6-4-2;1-2/h13,15H,3-12,14H2,1-2H3;11-12H,4-10,14H2,1-3H3;11-12H,3-10H2,1-2H3;1-2H3. The Hall–Kier alpha value is -1.80. The summed E-state index contributed by atoms with van der Waals surface area (Å²) >= 11 is 0. The molecular weight excluding hydrogens is 642 g/mol. The molecule has 51 heavy (non-hydrogen) atoms. The van der Waals surface area contributed by atoms with Crippen molar-refractivity contribution in [2.75, 3.05) is 33.5 Å². The number of unbranched alkanes of at least 4 members (excludes halogenated alkanes) is 10. The largest absolute Gasteiger partial charge is 0.465 e. The van der Waals surface area contributed by atoms with Gasteiger partial charge in [-0.3, -0.25) is 9.59 Å². The quantitative estimate of drug-likeness (QED) is 0.0412. The summed E-state index contributed by atoms with van der Waals surface area (Å²) in [4.78, 5) is 44.7. The maximum Gasteiger partial charge on any atom is 0.309 e. The minimum atomic E-state index is -0.0952. The smallest absolute Gasteiger partial charge is 0.309 e. The Kier molecular flexibility index (Phi) is 52.9. The molecule has 0 heterocycles. The van der Waals surface area contributed by atoms with E-state index in [2.05, 4.69) is 41.5 Å². The van der Waals surface area contributed by atoms with Crippen LogP contribution in [0.3, 0.4) is 0 Å². The molecule has 0 aliphatic heterocycles. The SMILES string of the molecule is CC.CCC(C)C(CCN)C(=O)OCCCCOC.CCCCCCC(C=O)CCCC.CCCCCCC(CCCC)C(=O)OCCCC=O. The molecule has 8 heteroatoms. The molecule has 0 bridgehead atoms. The average Bonchev–Trinajstić information content (AvgIpc) is 3.15. The van der Waals surface area contributed by atoms with Crippen LogP contribution in [0.15, 0.2) is 0 Å². The fourth-order valence-electron chi connectivity index (χ4n) is 5.41. The Labute approximate surface area is 316 Å². The maximum absolute atomic E-state index is 12.0. The summed E-state index contributed by atoms with van der Waals surface area (Å²) in [7, 11) is 1.67. The zero-order valence-corrected chi connectivity index (χ0v) is 35.3. The van der Waals surface area contributed by atoms with Gasteiger partial charge in [-0.1, -0.05) is 139 Å². The number of methoxy groups -OCH3 is 1. The number of nitrogens with two attached hydrogens (primary N) is 1. The molecule has 0 aliphatic rings. The van der Waals surface area contributed by atoms with Crippen molar-refractivity contribution in [3.05, 3.63) is 0 Å². The van der Waals surface area contributed by atoms with E-state index >= 15 is 0 Å². The summed E-state index contributed by atoms with van der Waals surface area (Å²) in [5, 5.41) is 0. The first-order chi connectivity index (χ1) is 24.8. The molecular formula is C43H87NO7. The van der Waals surface area contributed by atoms with E-state index in [0.29, 0.717) is 50.9 Å². The molecule has 0 aromatic heterocycles. The maximum atomic E-state index is 12.0. The lowest BCUT2D eigenvalue weighted by Gasteiger charge is -2.20. The third-order valence-corrected chi connectivity index (χ3v) is 9.00. The molecule has 0 fully saturated rings. The van der Waals surface area contributed by atoms with E-state index in [9.17, 15) is 19.2 Å². The van der Waals surface area contributed by atoms with Crippen molar-refractivity contribution >= 4 is 24.5 Å². The lowest BCUT2D eigenvalue weighted by Crippen LogP contribution is -2.27. The van der Waals surface area contributed by atoms with Crippen molar-refractivity contribution in [1.82, 2.24) is 0 Å². The number of carbonyl (C=O) groups is 4. The first-order valence-corrected chi connectivity index (χ1v) is 21.2. The van der Waals surface area contributed by atoms with Gasteiger partial charge >= 0.3 is 11.9 Å². The van der Waals surface area contributed by atoms with Crippen molar-refractivity contribution < 1.29 is 33.4 Å². The average molecular weight is 730 g/mol. The highest BCUT2D eigenvalue weighted by molar-refractivity contribution is 5.73. The van der Waals surface area contributed by atoms with Gasteiger partial charge in [0.05, 0.1) is 25.0 Å². The van der Waals surface area contributed by atoms with Crippen LogP contribution in [-0.2, 0) is 33.4 Å². The highest BCUT2D eigenvalue weighted by Gasteiger charge is 2.24. The molecule has 0 radical (unpaired) electrons. The van der Waals surface area contributed by atoms with Gasteiger partial charge < -0.3 is 29.5 Å². The fourth-order valence-corrected chi connectivity index (χ4v) is 5.41. The highest BCUT2D eigenvalue weighted by atomic mass is 16.5. The minimum Gasteiger partial charge on any atom is -0.465 e. The molecule has 306 valence electrons. The lowest BCUT2D eigenvalue weighted by molar-refractivity contribution is -0.151. The molecule has 0 spiro atoms. The van der Waals surface area contributed by atoms with Crippen LogP contribution in [0.25, 0.3) is 0 Å². The number of hydrogen-bond donors (Lipinski definition) is 1. The Bertz CT molecular complexity index is 718. The molecule has 0 saturated carbocycles. The summed E-state index contributed by atoms with van der Waals surface area (Å²) in [6.07, 6.45) is 25.3. The molecule has 0 aliphatic carbocycles. The van der Waals surface area contributed by atoms with Gasteiger partial charge in [0, 0.05) is 26.1 Å². The van der Waals surface area contributed by atoms with Gasteiger partial charge in [0.15, 0.2) is 0 Å². The molecule has 4 unspecified atom stereocenters. The topological polar surface area (TPSA) is 122 Å². The zero-order valence-electron chi connectivity index (χ0n) is 35.3. The van der Waals surface area contributed by atoms with E-state index in [1.54, 1.807) is 7.11 Å². The van der Waals surface area contributed by atoms with Crippen molar-refractivity contribution in [3.63, 3.8) is 0 Å². The second-order valence-corrected chi connectivity index (χ2v) is 13.5. The number of esters is 2. The summed E-state index contributed by atoms with van der Waals surface area (Å²) in [6.45, 7) is 19.0. The van der Waals surface area contributed by atoms with Gasteiger partial charge in [0.2, 0.25) is 0 Å². The van der Waals surface area contributed by atoms with E-state index in [-0.39, 0.29) is 23.8 Å². The van der Waals surface area contributed by atoms with E-state index in [0.717, 1.165) is 83.4 Å². The van der Waals surface area contributed by atoms with Crippen LogP contribution in [-0.4, -0.2) is 58.0 Å². The van der Waals surface area contributed by atoms with Crippen molar-refractivity contribution in [2.45, 2.75) is 197 Å². The third-order valence-electron chi connectivity index (χ3n) is 9.00. The number of hydrogen-bond acceptors (Lipinski definition) is 8. The summed E-state index contributed by atoms with van der Waals surface area (Å²) in [5.41, 5.74) is 5.53. The normalized spacial score (nSPS) is 12.7. The van der Waals surface area contributed by atoms with Crippen molar-refractivity contribution in [2.24, 2.45) is 29.4 Å². The van der Waals surface area contributed by atoms with Crippen LogP contribution in [0.5, 0.6) is 0 Å². The van der Waals surface area contributed by atoms with Crippen LogP contribution in [0.1, 0.15) is 197 Å². The van der Waals surface area contributed by atoms with E-state index < -0.39 is 0 Å². The highest BCUT2D eigenvalue weighted by Crippen LogP contribution is 2.21. The van der Waals surface area contributed by atoms with Crippen LogP contribution >= 0.6 is 0 Å². The fraction of sp³-hybridized carbons (Fsp3) is 0.907. The number of rotatable bonds is 32. The first kappa shape index (κ1) is 55.9.